The number of ether oxygens (including phenoxy) is 1. The molecule has 0 unspecified atom stereocenters. The highest BCUT2D eigenvalue weighted by molar-refractivity contribution is 6.30. The second kappa shape index (κ2) is 3.83. The average molecular weight is 227 g/mol. The van der Waals surface area contributed by atoms with Gasteiger partial charge in [0.1, 0.15) is 0 Å². The molecule has 0 bridgehead atoms. The van der Waals surface area contributed by atoms with E-state index < -0.39 is 5.97 Å². The first-order valence-corrected chi connectivity index (χ1v) is 5.06. The van der Waals surface area contributed by atoms with E-state index in [1.54, 1.807) is 6.07 Å². The lowest BCUT2D eigenvalue weighted by atomic mass is 9.76. The molecule has 0 spiro atoms. The fraction of sp³-hybridized carbons (Fsp3) is 0.364. The third kappa shape index (κ3) is 1.98. The summed E-state index contributed by atoms with van der Waals surface area (Å²) in [5.41, 5.74) is 0.570. The highest BCUT2D eigenvalue weighted by atomic mass is 35.5. The van der Waals surface area contributed by atoms with Crippen molar-refractivity contribution < 1.29 is 14.6 Å². The van der Waals surface area contributed by atoms with Crippen molar-refractivity contribution in [2.45, 2.75) is 11.8 Å². The Balaban J connectivity index is 2.29. The molecule has 4 heteroatoms. The van der Waals surface area contributed by atoms with Gasteiger partial charge in [-0.05, 0) is 17.7 Å². The van der Waals surface area contributed by atoms with Crippen LogP contribution in [0.4, 0.5) is 0 Å². The van der Waals surface area contributed by atoms with Gasteiger partial charge in [0, 0.05) is 5.02 Å². The van der Waals surface area contributed by atoms with E-state index in [0.29, 0.717) is 18.2 Å². The lowest BCUT2D eigenvalue weighted by Gasteiger charge is -2.40. The van der Waals surface area contributed by atoms with Gasteiger partial charge in [-0.3, -0.25) is 4.79 Å². The van der Waals surface area contributed by atoms with Crippen LogP contribution in [-0.2, 0) is 14.9 Å². The van der Waals surface area contributed by atoms with Gasteiger partial charge in [-0.1, -0.05) is 23.7 Å². The van der Waals surface area contributed by atoms with Crippen LogP contribution < -0.4 is 0 Å². The quantitative estimate of drug-likeness (QED) is 0.859. The third-order valence-electron chi connectivity index (χ3n) is 2.68. The van der Waals surface area contributed by atoms with Crippen molar-refractivity contribution in [2.24, 2.45) is 0 Å². The van der Waals surface area contributed by atoms with E-state index in [4.69, 9.17) is 21.4 Å². The van der Waals surface area contributed by atoms with E-state index in [2.05, 4.69) is 0 Å². The first-order valence-electron chi connectivity index (χ1n) is 4.68. The van der Waals surface area contributed by atoms with Crippen molar-refractivity contribution >= 4 is 17.6 Å². The van der Waals surface area contributed by atoms with Crippen LogP contribution in [0.1, 0.15) is 12.0 Å². The summed E-state index contributed by atoms with van der Waals surface area (Å²) in [6, 6.07) is 7.32. The number of aliphatic carboxylic acids is 1. The highest BCUT2D eigenvalue weighted by Gasteiger charge is 2.42. The van der Waals surface area contributed by atoms with Crippen LogP contribution in [0, 0.1) is 0 Å². The molecule has 80 valence electrons. The summed E-state index contributed by atoms with van der Waals surface area (Å²) in [5.74, 6) is -0.807. The molecule has 0 aliphatic carbocycles. The van der Waals surface area contributed by atoms with Gasteiger partial charge >= 0.3 is 5.97 Å². The number of carboxylic acids is 1. The maximum atomic E-state index is 10.8. The SMILES string of the molecule is O=C(O)CC1(c2cccc(Cl)c2)COC1. The third-order valence-corrected chi connectivity index (χ3v) is 2.92. The van der Waals surface area contributed by atoms with E-state index in [-0.39, 0.29) is 11.8 Å². The van der Waals surface area contributed by atoms with E-state index in [1.165, 1.54) is 0 Å². The number of halogens is 1. The fourth-order valence-electron chi connectivity index (χ4n) is 1.83. The number of hydrogen-bond acceptors (Lipinski definition) is 2. The van der Waals surface area contributed by atoms with Crippen LogP contribution in [0.25, 0.3) is 0 Å². The Morgan fingerprint density at radius 2 is 2.27 bits per heavy atom. The second-order valence-electron chi connectivity index (χ2n) is 3.85. The second-order valence-corrected chi connectivity index (χ2v) is 4.29. The number of carbonyl (C=O) groups is 1. The summed E-state index contributed by atoms with van der Waals surface area (Å²) in [6.45, 7) is 0.916. The predicted molar refractivity (Wildman–Crippen MR) is 56.2 cm³/mol. The largest absolute Gasteiger partial charge is 0.481 e. The van der Waals surface area contributed by atoms with Crippen LogP contribution in [0.5, 0.6) is 0 Å². The summed E-state index contributed by atoms with van der Waals surface area (Å²) < 4.78 is 5.13. The van der Waals surface area contributed by atoms with Gasteiger partial charge < -0.3 is 9.84 Å². The molecule has 15 heavy (non-hydrogen) atoms. The average Bonchev–Trinajstić information content (AvgIpc) is 2.11. The zero-order chi connectivity index (χ0) is 10.9. The summed E-state index contributed by atoms with van der Waals surface area (Å²) in [6.07, 6.45) is 0.0906. The molecular weight excluding hydrogens is 216 g/mol. The topological polar surface area (TPSA) is 46.5 Å². The Kier molecular flexibility index (Phi) is 2.67. The molecule has 2 rings (SSSR count). The molecule has 1 fully saturated rings. The van der Waals surface area contributed by atoms with E-state index in [1.807, 2.05) is 18.2 Å². The maximum absolute atomic E-state index is 10.8. The maximum Gasteiger partial charge on any atom is 0.304 e. The Morgan fingerprint density at radius 3 is 2.73 bits per heavy atom. The molecule has 0 saturated carbocycles. The molecule has 0 aromatic heterocycles. The molecule has 3 nitrogen and oxygen atoms in total. The minimum absolute atomic E-state index is 0.0906. The molecule has 0 amide bonds. The first kappa shape index (κ1) is 10.5. The summed E-state index contributed by atoms with van der Waals surface area (Å²) in [4.78, 5) is 10.8. The van der Waals surface area contributed by atoms with Crippen LogP contribution >= 0.6 is 11.6 Å². The molecule has 1 heterocycles. The van der Waals surface area contributed by atoms with Gasteiger partial charge in [0.2, 0.25) is 0 Å². The first-order chi connectivity index (χ1) is 7.12. The van der Waals surface area contributed by atoms with E-state index >= 15 is 0 Å². The minimum atomic E-state index is -0.807. The molecule has 0 radical (unpaired) electrons. The summed E-state index contributed by atoms with van der Waals surface area (Å²) in [5, 5.41) is 9.49. The zero-order valence-electron chi connectivity index (χ0n) is 8.07. The molecule has 1 aromatic carbocycles. The van der Waals surface area contributed by atoms with Crippen LogP contribution in [-0.4, -0.2) is 24.3 Å². The van der Waals surface area contributed by atoms with Crippen LogP contribution in [0.15, 0.2) is 24.3 Å². The number of hydrogen-bond donors (Lipinski definition) is 1. The lowest BCUT2D eigenvalue weighted by Crippen LogP contribution is -2.48. The van der Waals surface area contributed by atoms with Gasteiger partial charge in [0.05, 0.1) is 25.0 Å². The number of rotatable bonds is 3. The number of benzene rings is 1. The summed E-state index contributed by atoms with van der Waals surface area (Å²) >= 11 is 5.88. The van der Waals surface area contributed by atoms with Crippen molar-refractivity contribution in [3.05, 3.63) is 34.9 Å². The monoisotopic (exact) mass is 226 g/mol. The molecule has 1 saturated heterocycles. The highest BCUT2D eigenvalue weighted by Crippen LogP contribution is 2.36. The summed E-state index contributed by atoms with van der Waals surface area (Å²) in [7, 11) is 0. The van der Waals surface area contributed by atoms with E-state index in [9.17, 15) is 4.79 Å². The fourth-order valence-corrected chi connectivity index (χ4v) is 2.02. The molecule has 0 atom stereocenters. The Labute approximate surface area is 92.6 Å². The Bertz CT molecular complexity index is 385. The molecule has 1 aromatic rings. The standard InChI is InChI=1S/C11H11ClO3/c12-9-3-1-2-8(4-9)11(5-10(13)14)6-15-7-11/h1-4H,5-7H2,(H,13,14). The number of carboxylic acid groups (broad SMARTS) is 1. The van der Waals surface area contributed by atoms with Crippen LogP contribution in [0.3, 0.4) is 0 Å². The van der Waals surface area contributed by atoms with Crippen molar-refractivity contribution in [1.82, 2.24) is 0 Å². The van der Waals surface area contributed by atoms with E-state index in [0.717, 1.165) is 5.56 Å². The van der Waals surface area contributed by atoms with Crippen molar-refractivity contribution in [3.63, 3.8) is 0 Å². The van der Waals surface area contributed by atoms with Gasteiger partial charge in [0.15, 0.2) is 0 Å². The molecule has 1 aliphatic heterocycles. The predicted octanol–water partition coefficient (Wildman–Crippen LogP) is 2.08. The van der Waals surface area contributed by atoms with Gasteiger partial charge in [-0.25, -0.2) is 0 Å². The van der Waals surface area contributed by atoms with Crippen molar-refractivity contribution in [2.75, 3.05) is 13.2 Å². The Morgan fingerprint density at radius 1 is 1.53 bits per heavy atom. The van der Waals surface area contributed by atoms with Gasteiger partial charge in [0.25, 0.3) is 0 Å². The van der Waals surface area contributed by atoms with Gasteiger partial charge in [-0.15, -0.1) is 0 Å². The minimum Gasteiger partial charge on any atom is -0.481 e. The van der Waals surface area contributed by atoms with Crippen molar-refractivity contribution in [3.8, 4) is 0 Å². The molecule has 1 aliphatic rings. The zero-order valence-corrected chi connectivity index (χ0v) is 8.83. The smallest absolute Gasteiger partial charge is 0.304 e. The van der Waals surface area contributed by atoms with Crippen LogP contribution in [0.2, 0.25) is 5.02 Å². The van der Waals surface area contributed by atoms with Crippen molar-refractivity contribution in [1.29, 1.82) is 0 Å². The lowest BCUT2D eigenvalue weighted by molar-refractivity contribution is -0.145. The molecule has 1 N–H and O–H groups in total. The van der Waals surface area contributed by atoms with Gasteiger partial charge in [-0.2, -0.15) is 0 Å². The Hall–Kier alpha value is -1.06. The molecular formula is C11H11ClO3. The normalized spacial score (nSPS) is 18.2.